The number of hydrogen-bond donors (Lipinski definition) is 2. The molecule has 0 bridgehead atoms. The van der Waals surface area contributed by atoms with Crippen molar-refractivity contribution in [2.45, 2.75) is 0 Å². The maximum Gasteiger partial charge on any atom is 0.268 e. The van der Waals surface area contributed by atoms with E-state index in [4.69, 9.17) is 4.74 Å². The van der Waals surface area contributed by atoms with Crippen molar-refractivity contribution >= 4 is 22.5 Å². The van der Waals surface area contributed by atoms with Crippen molar-refractivity contribution in [1.29, 1.82) is 0 Å². The van der Waals surface area contributed by atoms with E-state index in [-0.39, 0.29) is 6.54 Å². The van der Waals surface area contributed by atoms with Crippen LogP contribution >= 0.6 is 0 Å². The first kappa shape index (κ1) is 14.5. The highest BCUT2D eigenvalue weighted by Crippen LogP contribution is 2.21. The zero-order valence-corrected chi connectivity index (χ0v) is 13.0. The zero-order valence-electron chi connectivity index (χ0n) is 13.0. The Morgan fingerprint density at radius 3 is 2.88 bits per heavy atom. The number of H-pyrrole nitrogens is 1. The summed E-state index contributed by atoms with van der Waals surface area (Å²) in [5.41, 5.74) is 2.08. The number of hydrogen-bond acceptors (Lipinski definition) is 4. The Bertz CT molecular complexity index is 1070. The minimum atomic E-state index is -0.401. The molecule has 6 nitrogen and oxygen atoms in total. The van der Waals surface area contributed by atoms with Crippen molar-refractivity contribution in [1.82, 2.24) is 10.0 Å². The molecule has 0 aliphatic carbocycles. The second-order valence-electron chi connectivity index (χ2n) is 5.54. The van der Waals surface area contributed by atoms with E-state index in [1.165, 1.54) is 0 Å². The summed E-state index contributed by atoms with van der Waals surface area (Å²) in [5, 5.41) is 13.4. The van der Waals surface area contributed by atoms with E-state index in [0.717, 1.165) is 21.5 Å². The average Bonchev–Trinajstić information content (AvgIpc) is 2.87. The van der Waals surface area contributed by atoms with Gasteiger partial charge < -0.3 is 9.72 Å². The smallest absolute Gasteiger partial charge is 0.268 e. The third-order valence-electron chi connectivity index (χ3n) is 4.04. The van der Waals surface area contributed by atoms with Crippen molar-refractivity contribution in [3.05, 3.63) is 64.8 Å². The maximum absolute atomic E-state index is 12.1. The normalized spacial score (nSPS) is 14.3. The molecule has 2 aromatic carbocycles. The number of carbonyl (C=O) groups excluding carboxylic acids is 1. The van der Waals surface area contributed by atoms with Crippen LogP contribution in [0.25, 0.3) is 16.6 Å². The number of para-hydroxylation sites is 1. The fourth-order valence-corrected chi connectivity index (χ4v) is 2.97. The molecule has 0 spiro atoms. The summed E-state index contributed by atoms with van der Waals surface area (Å²) >= 11 is 0. The van der Waals surface area contributed by atoms with Gasteiger partial charge in [-0.05, 0) is 18.2 Å². The third-order valence-corrected chi connectivity index (χ3v) is 4.04. The molecule has 24 heavy (non-hydrogen) atoms. The van der Waals surface area contributed by atoms with Gasteiger partial charge in [-0.2, -0.15) is 0 Å². The van der Waals surface area contributed by atoms with Gasteiger partial charge in [-0.25, -0.2) is 10.1 Å². The van der Waals surface area contributed by atoms with Crippen LogP contribution in [0.4, 0.5) is 0 Å². The van der Waals surface area contributed by atoms with Crippen molar-refractivity contribution in [2.24, 2.45) is 4.99 Å². The number of aromatic amines is 1. The molecule has 2 N–H and O–H groups in total. The van der Waals surface area contributed by atoms with Gasteiger partial charge in [-0.1, -0.05) is 30.3 Å². The van der Waals surface area contributed by atoms with E-state index in [1.807, 2.05) is 48.5 Å². The predicted molar refractivity (Wildman–Crippen MR) is 88.1 cm³/mol. The quantitative estimate of drug-likeness (QED) is 0.743. The molecular weight excluding hydrogens is 306 g/mol. The molecule has 2 heterocycles. The molecule has 3 aromatic rings. The number of nitrogens with zero attached hydrogens (tertiary/aromatic N) is 2. The van der Waals surface area contributed by atoms with E-state index in [1.54, 1.807) is 7.11 Å². The Labute approximate surface area is 137 Å². The monoisotopic (exact) mass is 321 g/mol. The summed E-state index contributed by atoms with van der Waals surface area (Å²) in [4.78, 5) is 19.5. The molecule has 1 amide bonds. The summed E-state index contributed by atoms with van der Waals surface area (Å²) in [5.74, 6) is 0.264. The van der Waals surface area contributed by atoms with E-state index < -0.39 is 5.91 Å². The van der Waals surface area contributed by atoms with E-state index in [9.17, 15) is 10.0 Å². The first-order chi connectivity index (χ1) is 11.7. The lowest BCUT2D eigenvalue weighted by molar-refractivity contribution is -0.125. The summed E-state index contributed by atoms with van der Waals surface area (Å²) in [6, 6.07) is 14.9. The molecule has 0 unspecified atom stereocenters. The van der Waals surface area contributed by atoms with Gasteiger partial charge in [0.25, 0.3) is 5.91 Å². The van der Waals surface area contributed by atoms with Gasteiger partial charge >= 0.3 is 0 Å². The Morgan fingerprint density at radius 1 is 1.21 bits per heavy atom. The molecule has 1 aliphatic rings. The largest absolute Gasteiger partial charge is 0.497 e. The fourth-order valence-electron chi connectivity index (χ4n) is 2.97. The number of rotatable bonds is 2. The van der Waals surface area contributed by atoms with E-state index in [0.29, 0.717) is 22.2 Å². The van der Waals surface area contributed by atoms with Crippen LogP contribution in [0, 0.1) is 0 Å². The first-order valence-corrected chi connectivity index (χ1v) is 7.51. The van der Waals surface area contributed by atoms with Crippen LogP contribution in [-0.4, -0.2) is 34.8 Å². The number of hydroxylamine groups is 2. The van der Waals surface area contributed by atoms with Crippen LogP contribution in [0.1, 0.15) is 5.56 Å². The van der Waals surface area contributed by atoms with Crippen molar-refractivity contribution < 1.29 is 14.7 Å². The van der Waals surface area contributed by atoms with Crippen LogP contribution in [0.3, 0.4) is 0 Å². The molecule has 1 aromatic heterocycles. The number of benzene rings is 2. The highest BCUT2D eigenvalue weighted by atomic mass is 16.5. The summed E-state index contributed by atoms with van der Waals surface area (Å²) in [7, 11) is 1.58. The highest BCUT2D eigenvalue weighted by molar-refractivity contribution is 5.87. The highest BCUT2D eigenvalue weighted by Gasteiger charge is 2.21. The van der Waals surface area contributed by atoms with Gasteiger partial charge in [0.05, 0.1) is 18.2 Å². The Balaban J connectivity index is 2.15. The van der Waals surface area contributed by atoms with Crippen LogP contribution < -0.4 is 15.4 Å². The standard InChI is InChI=1S/C18H15N3O3/c1-24-12-6-4-5-11(9-12)18-17-16(20-15(22)10-21(18)23)13-7-2-3-8-14(13)19-17/h2-9,19,23H,10H2,1H3. The number of methoxy groups -OCH3 is 1. The lowest BCUT2D eigenvalue weighted by Gasteiger charge is -2.18. The molecule has 0 radical (unpaired) electrons. The van der Waals surface area contributed by atoms with Crippen molar-refractivity contribution in [3.63, 3.8) is 0 Å². The van der Waals surface area contributed by atoms with Crippen LogP contribution in [-0.2, 0) is 4.79 Å². The average molecular weight is 321 g/mol. The van der Waals surface area contributed by atoms with E-state index >= 15 is 0 Å². The lowest BCUT2D eigenvalue weighted by atomic mass is 10.1. The Morgan fingerprint density at radius 2 is 2.04 bits per heavy atom. The molecule has 0 saturated heterocycles. The number of amides is 1. The molecule has 0 saturated carbocycles. The molecule has 4 rings (SSSR count). The summed E-state index contributed by atoms with van der Waals surface area (Å²) in [6.45, 7) is -0.205. The second kappa shape index (κ2) is 5.50. The van der Waals surface area contributed by atoms with Crippen LogP contribution in [0.2, 0.25) is 0 Å². The molecule has 0 fully saturated rings. The minimum Gasteiger partial charge on any atom is -0.497 e. The van der Waals surface area contributed by atoms with Gasteiger partial charge in [0.15, 0.2) is 0 Å². The van der Waals surface area contributed by atoms with Crippen molar-refractivity contribution in [3.8, 4) is 5.75 Å². The number of aromatic nitrogens is 1. The van der Waals surface area contributed by atoms with Gasteiger partial charge in [-0.3, -0.25) is 10.0 Å². The fraction of sp³-hybridized carbons (Fsp3) is 0.111. The van der Waals surface area contributed by atoms with E-state index in [2.05, 4.69) is 9.98 Å². The number of carbonyl (C=O) groups is 1. The predicted octanol–water partition coefficient (Wildman–Crippen LogP) is 1.18. The Hall–Kier alpha value is -3.12. The SMILES string of the molecule is COc1cccc(C2=c3[nH]c4ccccc4c3=NC(=O)CN2O)c1. The summed E-state index contributed by atoms with van der Waals surface area (Å²) < 4.78 is 5.27. The van der Waals surface area contributed by atoms with Gasteiger partial charge in [0.1, 0.15) is 17.7 Å². The molecular formula is C18H15N3O3. The second-order valence-corrected chi connectivity index (χ2v) is 5.54. The van der Waals surface area contributed by atoms with Crippen LogP contribution in [0.15, 0.2) is 53.5 Å². The zero-order chi connectivity index (χ0) is 16.7. The first-order valence-electron chi connectivity index (χ1n) is 7.51. The summed E-state index contributed by atoms with van der Waals surface area (Å²) in [6.07, 6.45) is 0. The number of fused-ring (bicyclic) bond motifs is 3. The lowest BCUT2D eigenvalue weighted by Crippen LogP contribution is -2.31. The third kappa shape index (κ3) is 2.24. The molecule has 6 heteroatoms. The van der Waals surface area contributed by atoms with Gasteiger partial charge in [0.2, 0.25) is 0 Å². The topological polar surface area (TPSA) is 77.9 Å². The molecule has 0 atom stereocenters. The number of ether oxygens (including phenoxy) is 1. The van der Waals surface area contributed by atoms with Crippen molar-refractivity contribution in [2.75, 3.05) is 13.7 Å². The Kier molecular flexibility index (Phi) is 3.32. The molecule has 1 aliphatic heterocycles. The van der Waals surface area contributed by atoms with Gasteiger partial charge in [-0.15, -0.1) is 0 Å². The molecule has 120 valence electrons. The number of nitrogens with one attached hydrogen (secondary N) is 1. The van der Waals surface area contributed by atoms with Crippen LogP contribution in [0.5, 0.6) is 5.75 Å². The minimum absolute atomic E-state index is 0.205. The van der Waals surface area contributed by atoms with Gasteiger partial charge in [0, 0.05) is 16.5 Å². The maximum atomic E-state index is 12.1.